The summed E-state index contributed by atoms with van der Waals surface area (Å²) in [6.07, 6.45) is 0.611. The Hall–Kier alpha value is -2.26. The summed E-state index contributed by atoms with van der Waals surface area (Å²) in [6.45, 7) is 1.76. The topological polar surface area (TPSA) is 79.8 Å². The molecule has 0 unspecified atom stereocenters. The predicted molar refractivity (Wildman–Crippen MR) is 108 cm³/mol. The van der Waals surface area contributed by atoms with Crippen LogP contribution >= 0.6 is 28.1 Å². The van der Waals surface area contributed by atoms with Crippen LogP contribution in [-0.2, 0) is 18.9 Å². The van der Waals surface area contributed by atoms with Crippen molar-refractivity contribution < 1.29 is 9.90 Å². The van der Waals surface area contributed by atoms with Gasteiger partial charge < -0.3 is 5.11 Å². The Labute approximate surface area is 169 Å². The van der Waals surface area contributed by atoms with Crippen LogP contribution in [0.4, 0.5) is 0 Å². The number of halogens is 1. The monoisotopic (exact) mass is 450 g/mol. The van der Waals surface area contributed by atoms with E-state index >= 15 is 0 Å². The van der Waals surface area contributed by atoms with Gasteiger partial charge in [-0.05, 0) is 29.9 Å². The molecule has 0 saturated carbocycles. The normalized spacial score (nSPS) is 16.5. The Bertz CT molecular complexity index is 1060. The second kappa shape index (κ2) is 7.40. The zero-order valence-electron chi connectivity index (χ0n) is 15.1. The molecule has 142 valence electrons. The molecule has 0 saturated heterocycles. The van der Waals surface area contributed by atoms with E-state index in [0.717, 1.165) is 10.0 Å². The van der Waals surface area contributed by atoms with Crippen molar-refractivity contribution in [2.24, 2.45) is 19.2 Å². The van der Waals surface area contributed by atoms with Gasteiger partial charge in [-0.25, -0.2) is 5.01 Å². The fourth-order valence-corrected chi connectivity index (χ4v) is 3.52. The number of hydrazone groups is 1. The van der Waals surface area contributed by atoms with Crippen molar-refractivity contribution in [3.63, 3.8) is 0 Å². The third kappa shape index (κ3) is 3.37. The van der Waals surface area contributed by atoms with Gasteiger partial charge in [0.25, 0.3) is 5.56 Å². The minimum Gasteiger partial charge on any atom is -0.494 e. The SMILES string of the molecule is CCC(=O)N1N=C(c2c(O)n(C)c(=S)n(C)c2=O)C[C@H]1c1ccc(Br)cc1. The van der Waals surface area contributed by atoms with Crippen LogP contribution in [0.3, 0.4) is 0 Å². The number of nitrogens with zero attached hydrogens (tertiary/aromatic N) is 4. The minimum absolute atomic E-state index is 0.0714. The van der Waals surface area contributed by atoms with E-state index < -0.39 is 5.56 Å². The number of rotatable bonds is 3. The van der Waals surface area contributed by atoms with Gasteiger partial charge in [0.15, 0.2) is 4.77 Å². The molecule has 0 fully saturated rings. The van der Waals surface area contributed by atoms with Gasteiger partial charge in [-0.2, -0.15) is 5.10 Å². The molecule has 7 nitrogen and oxygen atoms in total. The van der Waals surface area contributed by atoms with Crippen LogP contribution in [0.2, 0.25) is 0 Å². The van der Waals surface area contributed by atoms with Gasteiger partial charge in [0.05, 0.1) is 11.8 Å². The Morgan fingerprint density at radius 1 is 1.30 bits per heavy atom. The Morgan fingerprint density at radius 3 is 2.52 bits per heavy atom. The lowest BCUT2D eigenvalue weighted by Crippen LogP contribution is -2.28. The Morgan fingerprint density at radius 2 is 1.93 bits per heavy atom. The van der Waals surface area contributed by atoms with Gasteiger partial charge in [0.1, 0.15) is 5.56 Å². The Kier molecular flexibility index (Phi) is 5.34. The Balaban J connectivity index is 2.13. The van der Waals surface area contributed by atoms with Crippen molar-refractivity contribution in [1.82, 2.24) is 14.1 Å². The number of carbonyl (C=O) groups is 1. The molecule has 1 N–H and O–H groups in total. The van der Waals surface area contributed by atoms with Crippen molar-refractivity contribution in [3.8, 4) is 5.88 Å². The highest BCUT2D eigenvalue weighted by atomic mass is 79.9. The summed E-state index contributed by atoms with van der Waals surface area (Å²) in [5.41, 5.74) is 0.907. The standard InChI is InChI=1S/C18H19BrN4O3S/c1-4-14(24)23-13(10-5-7-11(19)8-6-10)9-12(20-23)15-16(25)21(2)18(27)22(3)17(15)26/h5-8,13,25H,4,9H2,1-3H3/t13-/m0/s1. The fraction of sp³-hybridized carbons (Fsp3) is 0.333. The second-order valence-corrected chi connectivity index (χ2v) is 7.60. The summed E-state index contributed by atoms with van der Waals surface area (Å²) in [4.78, 5) is 25.2. The molecule has 0 bridgehead atoms. The molecule has 2 heterocycles. The van der Waals surface area contributed by atoms with Gasteiger partial charge in [-0.3, -0.25) is 18.7 Å². The van der Waals surface area contributed by atoms with Crippen LogP contribution in [0.15, 0.2) is 38.6 Å². The molecule has 1 aliphatic rings. The third-order valence-corrected chi connectivity index (χ3v) is 5.72. The van der Waals surface area contributed by atoms with E-state index in [1.165, 1.54) is 14.1 Å². The molecule has 9 heteroatoms. The molecule has 1 amide bonds. The van der Waals surface area contributed by atoms with E-state index in [-0.39, 0.29) is 34.6 Å². The number of aromatic hydroxyl groups is 1. The molecule has 0 spiro atoms. The molecular formula is C18H19BrN4O3S. The van der Waals surface area contributed by atoms with Crippen molar-refractivity contribution in [2.75, 3.05) is 0 Å². The number of carbonyl (C=O) groups excluding carboxylic acids is 1. The smallest absolute Gasteiger partial charge is 0.267 e. The second-order valence-electron chi connectivity index (χ2n) is 6.31. The largest absolute Gasteiger partial charge is 0.494 e. The maximum absolute atomic E-state index is 12.7. The van der Waals surface area contributed by atoms with E-state index in [1.807, 2.05) is 24.3 Å². The number of amides is 1. The summed E-state index contributed by atoms with van der Waals surface area (Å²) in [7, 11) is 3.13. The maximum atomic E-state index is 12.7. The van der Waals surface area contributed by atoms with Crippen molar-refractivity contribution in [2.45, 2.75) is 25.8 Å². The third-order valence-electron chi connectivity index (χ3n) is 4.65. The van der Waals surface area contributed by atoms with Crippen LogP contribution in [0, 0.1) is 4.77 Å². The van der Waals surface area contributed by atoms with Gasteiger partial charge in [-0.15, -0.1) is 0 Å². The van der Waals surface area contributed by atoms with Crippen molar-refractivity contribution in [3.05, 3.63) is 55.0 Å². The van der Waals surface area contributed by atoms with E-state index in [4.69, 9.17) is 12.2 Å². The highest BCUT2D eigenvalue weighted by Gasteiger charge is 2.35. The lowest BCUT2D eigenvalue weighted by Gasteiger charge is -2.21. The first-order valence-electron chi connectivity index (χ1n) is 8.40. The predicted octanol–water partition coefficient (Wildman–Crippen LogP) is 3.01. The van der Waals surface area contributed by atoms with E-state index in [1.54, 1.807) is 21.0 Å². The van der Waals surface area contributed by atoms with Crippen LogP contribution < -0.4 is 5.56 Å². The van der Waals surface area contributed by atoms with Crippen LogP contribution in [0.25, 0.3) is 0 Å². The zero-order valence-corrected chi connectivity index (χ0v) is 17.5. The number of hydrogen-bond donors (Lipinski definition) is 1. The molecule has 1 aliphatic heterocycles. The lowest BCUT2D eigenvalue weighted by molar-refractivity contribution is -0.132. The highest BCUT2D eigenvalue weighted by molar-refractivity contribution is 9.10. The molecule has 0 radical (unpaired) electrons. The molecule has 27 heavy (non-hydrogen) atoms. The van der Waals surface area contributed by atoms with Crippen LogP contribution in [0.1, 0.15) is 36.9 Å². The highest BCUT2D eigenvalue weighted by Crippen LogP contribution is 2.34. The summed E-state index contributed by atoms with van der Waals surface area (Å²) < 4.78 is 3.77. The molecule has 3 rings (SSSR count). The molecule has 2 aromatic rings. The molecule has 1 atom stereocenters. The van der Waals surface area contributed by atoms with Gasteiger partial charge in [0, 0.05) is 31.4 Å². The van der Waals surface area contributed by atoms with Crippen molar-refractivity contribution >= 4 is 39.8 Å². The summed E-state index contributed by atoms with van der Waals surface area (Å²) in [5.74, 6) is -0.402. The molecular weight excluding hydrogens is 432 g/mol. The van der Waals surface area contributed by atoms with Crippen molar-refractivity contribution in [1.29, 1.82) is 0 Å². The number of benzene rings is 1. The minimum atomic E-state index is -0.435. The first kappa shape index (κ1) is 19.5. The van der Waals surface area contributed by atoms with E-state index in [9.17, 15) is 14.7 Å². The lowest BCUT2D eigenvalue weighted by atomic mass is 9.99. The van der Waals surface area contributed by atoms with Gasteiger partial charge >= 0.3 is 0 Å². The summed E-state index contributed by atoms with van der Waals surface area (Å²) in [5, 5.41) is 16.3. The first-order chi connectivity index (χ1) is 12.8. The number of aromatic nitrogens is 2. The summed E-state index contributed by atoms with van der Waals surface area (Å²) in [6, 6.07) is 7.27. The van der Waals surface area contributed by atoms with Gasteiger partial charge in [-0.1, -0.05) is 35.0 Å². The zero-order chi connectivity index (χ0) is 19.9. The average molecular weight is 451 g/mol. The van der Waals surface area contributed by atoms with Crippen LogP contribution in [0.5, 0.6) is 5.88 Å². The number of hydrogen-bond acceptors (Lipinski definition) is 5. The quantitative estimate of drug-likeness (QED) is 0.728. The summed E-state index contributed by atoms with van der Waals surface area (Å²) >= 11 is 8.56. The fourth-order valence-electron chi connectivity index (χ4n) is 3.08. The molecule has 1 aromatic heterocycles. The molecule has 0 aliphatic carbocycles. The average Bonchev–Trinajstić information content (AvgIpc) is 3.09. The van der Waals surface area contributed by atoms with E-state index in [2.05, 4.69) is 21.0 Å². The first-order valence-corrected chi connectivity index (χ1v) is 9.60. The van der Waals surface area contributed by atoms with E-state index in [0.29, 0.717) is 12.1 Å². The maximum Gasteiger partial charge on any atom is 0.267 e. The molecule has 1 aromatic carbocycles. The van der Waals surface area contributed by atoms with Gasteiger partial charge in [0.2, 0.25) is 11.8 Å². The van der Waals surface area contributed by atoms with Crippen LogP contribution in [-0.4, -0.2) is 30.9 Å².